The normalized spacial score (nSPS) is 10.6. The third-order valence-corrected chi connectivity index (χ3v) is 8.63. The van der Waals surface area contributed by atoms with E-state index in [0.29, 0.717) is 19.3 Å². The van der Waals surface area contributed by atoms with E-state index in [1.807, 2.05) is 36.7 Å². The van der Waals surface area contributed by atoms with Crippen LogP contribution in [0.25, 0.3) is 0 Å². The van der Waals surface area contributed by atoms with Crippen LogP contribution in [0.1, 0.15) is 162 Å². The SMILES string of the molecule is CCCCCCCCCCCC[n+]1cccc(NC(=O)CCCC(=O)Nc2ccc[n+](CCCCCCCCCCCC)c2)c1.[Br-].[Br-]. The Morgan fingerprint density at radius 1 is 0.489 bits per heavy atom. The highest BCUT2D eigenvalue weighted by Crippen LogP contribution is 2.12. The van der Waals surface area contributed by atoms with Crippen molar-refractivity contribution in [3.8, 4) is 0 Å². The summed E-state index contributed by atoms with van der Waals surface area (Å²) in [6, 6.07) is 7.84. The number of carbonyl (C=O) groups is 2. The number of nitrogens with zero attached hydrogens (tertiary/aromatic N) is 2. The Kier molecular flexibility index (Phi) is 30.3. The third kappa shape index (κ3) is 24.9. The van der Waals surface area contributed by atoms with Gasteiger partial charge >= 0.3 is 0 Å². The van der Waals surface area contributed by atoms with Gasteiger partial charge in [-0.25, -0.2) is 9.13 Å². The molecule has 0 aliphatic heterocycles. The van der Waals surface area contributed by atoms with Gasteiger partial charge in [-0.15, -0.1) is 0 Å². The second kappa shape index (κ2) is 31.5. The number of carbonyl (C=O) groups excluding carboxylic acids is 2. The average Bonchev–Trinajstić information content (AvgIpc) is 3.03. The van der Waals surface area contributed by atoms with Gasteiger partial charge in [-0.2, -0.15) is 0 Å². The number of unbranched alkanes of at least 4 members (excludes halogenated alkanes) is 18. The molecule has 0 radical (unpaired) electrons. The number of aryl methyl sites for hydroxylation is 2. The predicted octanol–water partition coefficient (Wildman–Crippen LogP) is 3.86. The van der Waals surface area contributed by atoms with Gasteiger partial charge in [-0.3, -0.25) is 9.59 Å². The summed E-state index contributed by atoms with van der Waals surface area (Å²) in [6.45, 7) is 6.48. The van der Waals surface area contributed by atoms with Gasteiger partial charge in [0.05, 0.1) is 0 Å². The fourth-order valence-corrected chi connectivity index (χ4v) is 5.89. The van der Waals surface area contributed by atoms with E-state index >= 15 is 0 Å². The Morgan fingerprint density at radius 2 is 0.809 bits per heavy atom. The molecule has 2 aromatic heterocycles. The molecular weight excluding hydrogens is 716 g/mol. The first-order valence-corrected chi connectivity index (χ1v) is 18.7. The van der Waals surface area contributed by atoms with Crippen molar-refractivity contribution in [2.75, 3.05) is 10.6 Å². The van der Waals surface area contributed by atoms with Gasteiger partial charge in [0.15, 0.2) is 24.8 Å². The van der Waals surface area contributed by atoms with E-state index in [1.165, 1.54) is 116 Å². The van der Waals surface area contributed by atoms with Crippen molar-refractivity contribution in [2.45, 2.75) is 175 Å². The Bertz CT molecular complexity index is 972. The minimum Gasteiger partial charge on any atom is -1.00 e. The topological polar surface area (TPSA) is 66.0 Å². The first kappa shape index (κ1) is 45.2. The van der Waals surface area contributed by atoms with E-state index in [0.717, 1.165) is 37.3 Å². The number of anilines is 2. The summed E-state index contributed by atoms with van der Waals surface area (Å²) in [6.07, 6.45) is 35.9. The first-order chi connectivity index (χ1) is 22.1. The fourth-order valence-electron chi connectivity index (χ4n) is 5.89. The molecule has 8 heteroatoms. The Labute approximate surface area is 308 Å². The summed E-state index contributed by atoms with van der Waals surface area (Å²) < 4.78 is 4.33. The van der Waals surface area contributed by atoms with Crippen LogP contribution < -0.4 is 53.7 Å². The van der Waals surface area contributed by atoms with Crippen molar-refractivity contribution in [1.29, 1.82) is 0 Å². The molecule has 6 nitrogen and oxygen atoms in total. The van der Waals surface area contributed by atoms with Crippen molar-refractivity contribution in [3.63, 3.8) is 0 Å². The van der Waals surface area contributed by atoms with Crippen molar-refractivity contribution in [1.82, 2.24) is 0 Å². The second-order valence-corrected chi connectivity index (χ2v) is 13.0. The molecule has 0 fully saturated rings. The highest BCUT2D eigenvalue weighted by Gasteiger charge is 2.10. The average molecular weight is 783 g/mol. The van der Waals surface area contributed by atoms with Crippen LogP contribution in [-0.4, -0.2) is 11.8 Å². The molecule has 0 atom stereocenters. The molecule has 2 heterocycles. The van der Waals surface area contributed by atoms with Crippen LogP contribution in [0.3, 0.4) is 0 Å². The predicted molar refractivity (Wildman–Crippen MR) is 188 cm³/mol. The van der Waals surface area contributed by atoms with Gasteiger partial charge in [0.2, 0.25) is 11.8 Å². The number of rotatable bonds is 28. The Balaban J connectivity index is 0.0000106. The number of nitrogens with one attached hydrogen (secondary N) is 2. The highest BCUT2D eigenvalue weighted by atomic mass is 79.9. The zero-order valence-electron chi connectivity index (χ0n) is 29.8. The van der Waals surface area contributed by atoms with Gasteiger partial charge in [-0.05, 0) is 31.4 Å². The molecule has 0 bridgehead atoms. The van der Waals surface area contributed by atoms with E-state index < -0.39 is 0 Å². The van der Waals surface area contributed by atoms with Gasteiger partial charge in [0.1, 0.15) is 24.5 Å². The molecule has 2 aromatic rings. The van der Waals surface area contributed by atoms with Crippen molar-refractivity contribution in [3.05, 3.63) is 49.1 Å². The smallest absolute Gasteiger partial charge is 0.224 e. The maximum absolute atomic E-state index is 12.5. The molecule has 0 unspecified atom stereocenters. The molecule has 47 heavy (non-hydrogen) atoms. The second-order valence-electron chi connectivity index (χ2n) is 13.0. The quantitative estimate of drug-likeness (QED) is 0.102. The first-order valence-electron chi connectivity index (χ1n) is 18.7. The molecule has 0 spiro atoms. The molecule has 0 saturated heterocycles. The Hall–Kier alpha value is -1.80. The van der Waals surface area contributed by atoms with Crippen molar-refractivity contribution >= 4 is 23.2 Å². The third-order valence-electron chi connectivity index (χ3n) is 8.63. The maximum atomic E-state index is 12.5. The van der Waals surface area contributed by atoms with Gasteiger partial charge in [0.25, 0.3) is 0 Å². The molecule has 0 aliphatic rings. The zero-order valence-corrected chi connectivity index (χ0v) is 32.9. The summed E-state index contributed by atoms with van der Waals surface area (Å²) in [5, 5.41) is 6.01. The minimum absolute atomic E-state index is 0. The molecule has 2 rings (SSSR count). The van der Waals surface area contributed by atoms with Gasteiger partial charge < -0.3 is 44.6 Å². The highest BCUT2D eigenvalue weighted by molar-refractivity contribution is 5.92. The number of pyridine rings is 2. The summed E-state index contributed by atoms with van der Waals surface area (Å²) in [4.78, 5) is 25.1. The number of hydrogen-bond donors (Lipinski definition) is 2. The molecule has 2 amide bonds. The summed E-state index contributed by atoms with van der Waals surface area (Å²) in [7, 11) is 0. The van der Waals surface area contributed by atoms with Crippen molar-refractivity contribution in [2.24, 2.45) is 0 Å². The van der Waals surface area contributed by atoms with E-state index in [-0.39, 0.29) is 45.8 Å². The van der Waals surface area contributed by atoms with E-state index in [2.05, 4.69) is 46.0 Å². The number of halogens is 2. The lowest BCUT2D eigenvalue weighted by atomic mass is 10.1. The molecule has 0 aliphatic carbocycles. The lowest BCUT2D eigenvalue weighted by Crippen LogP contribution is -3.00. The van der Waals surface area contributed by atoms with E-state index in [4.69, 9.17) is 0 Å². The summed E-state index contributed by atoms with van der Waals surface area (Å²) in [5.74, 6) is -0.0953. The fraction of sp³-hybridized carbons (Fsp3) is 0.692. The molecule has 0 saturated carbocycles. The molecule has 2 N–H and O–H groups in total. The summed E-state index contributed by atoms with van der Waals surface area (Å²) >= 11 is 0. The molecule has 268 valence electrons. The van der Waals surface area contributed by atoms with Crippen LogP contribution in [-0.2, 0) is 22.7 Å². The van der Waals surface area contributed by atoms with Crippen LogP contribution in [0, 0.1) is 0 Å². The van der Waals surface area contributed by atoms with Gasteiger partial charge in [0, 0.05) is 37.8 Å². The Morgan fingerprint density at radius 3 is 1.15 bits per heavy atom. The van der Waals surface area contributed by atoms with Crippen LogP contribution >= 0.6 is 0 Å². The molecule has 0 aromatic carbocycles. The number of hydrogen-bond acceptors (Lipinski definition) is 2. The van der Waals surface area contributed by atoms with Crippen LogP contribution in [0.4, 0.5) is 11.4 Å². The number of aromatic nitrogens is 2. The maximum Gasteiger partial charge on any atom is 0.224 e. The lowest BCUT2D eigenvalue weighted by Gasteiger charge is -2.06. The lowest BCUT2D eigenvalue weighted by molar-refractivity contribution is -0.696. The largest absolute Gasteiger partial charge is 1.00 e. The minimum atomic E-state index is -0.0477. The number of amides is 2. The van der Waals surface area contributed by atoms with E-state index in [1.54, 1.807) is 0 Å². The summed E-state index contributed by atoms with van der Waals surface area (Å²) in [5.41, 5.74) is 1.63. The molecular formula is C39H66Br2N4O2. The van der Waals surface area contributed by atoms with E-state index in [9.17, 15) is 9.59 Å². The van der Waals surface area contributed by atoms with Crippen LogP contribution in [0.5, 0.6) is 0 Å². The van der Waals surface area contributed by atoms with Crippen LogP contribution in [0.15, 0.2) is 49.1 Å². The van der Waals surface area contributed by atoms with Crippen molar-refractivity contribution < 1.29 is 52.7 Å². The standard InChI is InChI=1S/C39H64N4O2.2BrH/c1-3-5-7-9-11-13-15-17-19-21-30-42-32-24-26-36(34-42)40-38(44)28-23-29-39(45)41-37-27-25-33-43(35-37)31-22-20-18-16-14-12-10-8-6-4-2;;/h24-27,32-35H,3-23,28-31H2,1-2H3;2*1H. The van der Waals surface area contributed by atoms with Gasteiger partial charge in [-0.1, -0.05) is 117 Å². The zero-order chi connectivity index (χ0) is 32.2. The monoisotopic (exact) mass is 780 g/mol. The van der Waals surface area contributed by atoms with Crippen LogP contribution in [0.2, 0.25) is 0 Å².